The largest absolute Gasteiger partial charge is 0.466 e. The molecule has 0 heterocycles. The fraction of sp³-hybridized carbons (Fsp3) is 0.941. The fourth-order valence-corrected chi connectivity index (χ4v) is 5.57. The first-order chi connectivity index (χ1) is 9.69. The van der Waals surface area contributed by atoms with Crippen LogP contribution in [0.3, 0.4) is 0 Å². The minimum absolute atomic E-state index is 0.0883. The molecule has 0 amide bonds. The molecular weight excluding hydrogens is 264 g/mol. The molecular formula is C17H32N2O2. The van der Waals surface area contributed by atoms with Crippen molar-refractivity contribution in [2.45, 2.75) is 52.5 Å². The number of esters is 1. The topological polar surface area (TPSA) is 55.6 Å². The van der Waals surface area contributed by atoms with Crippen LogP contribution in [-0.4, -0.2) is 43.7 Å². The summed E-state index contributed by atoms with van der Waals surface area (Å²) >= 11 is 0. The lowest BCUT2D eigenvalue weighted by molar-refractivity contribution is -0.160. The summed E-state index contributed by atoms with van der Waals surface area (Å²) in [5.74, 6) is 0.286. The fourth-order valence-electron chi connectivity index (χ4n) is 5.57. The van der Waals surface area contributed by atoms with Gasteiger partial charge in [0.2, 0.25) is 0 Å². The highest BCUT2D eigenvalue weighted by Crippen LogP contribution is 2.72. The van der Waals surface area contributed by atoms with E-state index in [1.165, 1.54) is 12.8 Å². The Balaban J connectivity index is 2.51. The Bertz CT molecular complexity index is 421. The lowest BCUT2D eigenvalue weighted by Crippen LogP contribution is -2.64. The Morgan fingerprint density at radius 1 is 1.38 bits per heavy atom. The molecule has 4 nitrogen and oxygen atoms in total. The third-order valence-corrected chi connectivity index (χ3v) is 7.13. The average Bonchev–Trinajstić information content (AvgIpc) is 2.71. The van der Waals surface area contributed by atoms with Gasteiger partial charge in [0.25, 0.3) is 0 Å². The molecule has 2 aliphatic carbocycles. The summed E-state index contributed by atoms with van der Waals surface area (Å²) in [5, 5.41) is 0. The first kappa shape index (κ1) is 16.8. The van der Waals surface area contributed by atoms with Gasteiger partial charge in [0.15, 0.2) is 0 Å². The number of rotatable bonds is 5. The minimum Gasteiger partial charge on any atom is -0.466 e. The number of hydrogen-bond acceptors (Lipinski definition) is 4. The third kappa shape index (κ3) is 1.91. The SMILES string of the molecule is CCOC(=O)[C@@H](CN)[C@]1(N(C)C)C[C@@H]2CC[C@@]1(C)C2(C)C. The maximum atomic E-state index is 12.6. The Kier molecular flexibility index (Phi) is 4.18. The van der Waals surface area contributed by atoms with Crippen LogP contribution in [0.5, 0.6) is 0 Å². The minimum atomic E-state index is -0.248. The van der Waals surface area contributed by atoms with Crippen molar-refractivity contribution in [3.63, 3.8) is 0 Å². The van der Waals surface area contributed by atoms with Gasteiger partial charge in [-0.3, -0.25) is 4.79 Å². The molecule has 4 heteroatoms. The number of fused-ring (bicyclic) bond motifs is 2. The zero-order valence-electron chi connectivity index (χ0n) is 14.5. The molecule has 0 aromatic rings. The van der Waals surface area contributed by atoms with Crippen molar-refractivity contribution < 1.29 is 9.53 Å². The number of hydrogen-bond donors (Lipinski definition) is 1. The average molecular weight is 296 g/mol. The first-order valence-corrected chi connectivity index (χ1v) is 8.23. The van der Waals surface area contributed by atoms with Crippen LogP contribution in [0.2, 0.25) is 0 Å². The van der Waals surface area contributed by atoms with E-state index in [2.05, 4.69) is 39.8 Å². The molecule has 0 aliphatic heterocycles. The summed E-state index contributed by atoms with van der Waals surface area (Å²) in [6, 6.07) is 0. The molecule has 4 atom stereocenters. The number of carbonyl (C=O) groups excluding carboxylic acids is 1. The second-order valence-corrected chi connectivity index (χ2v) is 7.85. The highest BCUT2D eigenvalue weighted by atomic mass is 16.5. The van der Waals surface area contributed by atoms with Gasteiger partial charge >= 0.3 is 5.97 Å². The van der Waals surface area contributed by atoms with Crippen LogP contribution in [0.1, 0.15) is 47.0 Å². The van der Waals surface area contributed by atoms with Crippen LogP contribution in [0.25, 0.3) is 0 Å². The van der Waals surface area contributed by atoms with Gasteiger partial charge in [-0.15, -0.1) is 0 Å². The summed E-state index contributed by atoms with van der Waals surface area (Å²) < 4.78 is 5.36. The van der Waals surface area contributed by atoms with E-state index in [4.69, 9.17) is 10.5 Å². The molecule has 2 fully saturated rings. The molecule has 21 heavy (non-hydrogen) atoms. The molecule has 0 aromatic carbocycles. The zero-order chi connectivity index (χ0) is 16.1. The maximum Gasteiger partial charge on any atom is 0.312 e. The number of nitrogens with two attached hydrogens (primary N) is 1. The molecule has 0 spiro atoms. The first-order valence-electron chi connectivity index (χ1n) is 8.23. The van der Waals surface area contributed by atoms with Gasteiger partial charge in [-0.1, -0.05) is 20.8 Å². The summed E-state index contributed by atoms with van der Waals surface area (Å²) in [5.41, 5.74) is 6.19. The smallest absolute Gasteiger partial charge is 0.312 e. The van der Waals surface area contributed by atoms with Crippen molar-refractivity contribution in [2.75, 3.05) is 27.2 Å². The Hall–Kier alpha value is -0.610. The second-order valence-electron chi connectivity index (χ2n) is 7.85. The molecule has 2 aliphatic rings. The molecule has 0 unspecified atom stereocenters. The predicted molar refractivity (Wildman–Crippen MR) is 84.8 cm³/mol. The van der Waals surface area contributed by atoms with Gasteiger partial charge in [0.1, 0.15) is 0 Å². The van der Waals surface area contributed by atoms with Crippen LogP contribution >= 0.6 is 0 Å². The highest BCUT2D eigenvalue weighted by Gasteiger charge is 2.72. The summed E-state index contributed by atoms with van der Waals surface area (Å²) in [6.45, 7) is 9.74. The molecule has 2 rings (SSSR count). The van der Waals surface area contributed by atoms with Crippen molar-refractivity contribution in [3.8, 4) is 0 Å². The lowest BCUT2D eigenvalue weighted by Gasteiger charge is -2.55. The van der Waals surface area contributed by atoms with Gasteiger partial charge in [-0.2, -0.15) is 0 Å². The summed E-state index contributed by atoms with van der Waals surface area (Å²) in [7, 11) is 4.20. The van der Waals surface area contributed by atoms with E-state index in [0.29, 0.717) is 19.1 Å². The number of nitrogens with zero attached hydrogens (tertiary/aromatic N) is 1. The Labute approximate surface area is 129 Å². The Morgan fingerprint density at radius 3 is 2.33 bits per heavy atom. The summed E-state index contributed by atoms with van der Waals surface area (Å²) in [4.78, 5) is 14.8. The van der Waals surface area contributed by atoms with Gasteiger partial charge in [0.05, 0.1) is 12.5 Å². The standard InChI is InChI=1S/C17H32N2O2/c1-7-21-14(20)13(11-18)17(19(5)6)10-12-8-9-16(17,4)15(12,2)3/h12-13H,7-11,18H2,1-6H3/t12-,13+,16-,17+/m0/s1. The van der Waals surface area contributed by atoms with Crippen LogP contribution in [-0.2, 0) is 9.53 Å². The Morgan fingerprint density at radius 2 is 2.00 bits per heavy atom. The van der Waals surface area contributed by atoms with E-state index in [9.17, 15) is 4.79 Å². The van der Waals surface area contributed by atoms with Gasteiger partial charge in [-0.05, 0) is 57.0 Å². The van der Waals surface area contributed by atoms with Gasteiger partial charge in [-0.25, -0.2) is 0 Å². The predicted octanol–water partition coefficient (Wildman–Crippen LogP) is 2.27. The van der Waals surface area contributed by atoms with Crippen molar-refractivity contribution in [3.05, 3.63) is 0 Å². The van der Waals surface area contributed by atoms with Crippen molar-refractivity contribution in [2.24, 2.45) is 28.4 Å². The van der Waals surface area contributed by atoms with Crippen LogP contribution in [0.4, 0.5) is 0 Å². The van der Waals surface area contributed by atoms with E-state index in [1.54, 1.807) is 0 Å². The normalized spacial score (nSPS) is 38.8. The van der Waals surface area contributed by atoms with Gasteiger partial charge < -0.3 is 15.4 Å². The molecule has 0 aromatic heterocycles. The van der Waals surface area contributed by atoms with Crippen molar-refractivity contribution >= 4 is 5.97 Å². The monoisotopic (exact) mass is 296 g/mol. The van der Waals surface area contributed by atoms with Crippen LogP contribution in [0.15, 0.2) is 0 Å². The molecule has 122 valence electrons. The number of ether oxygens (including phenoxy) is 1. The number of carbonyl (C=O) groups is 1. The molecule has 0 saturated heterocycles. The highest BCUT2D eigenvalue weighted by molar-refractivity contribution is 5.75. The van der Waals surface area contributed by atoms with Crippen LogP contribution in [0, 0.1) is 22.7 Å². The van der Waals surface area contributed by atoms with E-state index in [1.807, 2.05) is 6.92 Å². The molecule has 2 saturated carbocycles. The molecule has 2 N–H and O–H groups in total. The van der Waals surface area contributed by atoms with E-state index < -0.39 is 0 Å². The van der Waals surface area contributed by atoms with Gasteiger partial charge in [0, 0.05) is 12.1 Å². The molecule has 2 bridgehead atoms. The third-order valence-electron chi connectivity index (χ3n) is 7.13. The van der Waals surface area contributed by atoms with E-state index in [0.717, 1.165) is 6.42 Å². The van der Waals surface area contributed by atoms with Crippen molar-refractivity contribution in [1.82, 2.24) is 4.90 Å². The van der Waals surface area contributed by atoms with E-state index >= 15 is 0 Å². The second kappa shape index (κ2) is 5.24. The lowest BCUT2D eigenvalue weighted by atomic mass is 9.58. The maximum absolute atomic E-state index is 12.6. The summed E-state index contributed by atoms with van der Waals surface area (Å²) in [6.07, 6.45) is 3.47. The zero-order valence-corrected chi connectivity index (χ0v) is 14.5. The molecule has 0 radical (unpaired) electrons. The van der Waals surface area contributed by atoms with E-state index in [-0.39, 0.29) is 28.3 Å². The van der Waals surface area contributed by atoms with Crippen molar-refractivity contribution in [1.29, 1.82) is 0 Å². The van der Waals surface area contributed by atoms with Crippen LogP contribution < -0.4 is 5.73 Å². The quantitative estimate of drug-likeness (QED) is 0.791.